The standard InChI is InChI=1S/C10H6F3NO/c11-10(12,13)7-1-2-8-6(3-7)4-14-5-9(8)15/h1-5,15H. The Morgan fingerprint density at radius 1 is 1.13 bits per heavy atom. The fraction of sp³-hybridized carbons (Fsp3) is 0.100. The van der Waals surface area contributed by atoms with Gasteiger partial charge in [0.25, 0.3) is 0 Å². The first-order valence-electron chi connectivity index (χ1n) is 4.12. The lowest BCUT2D eigenvalue weighted by Gasteiger charge is -2.07. The molecule has 2 nitrogen and oxygen atoms in total. The molecule has 0 aliphatic heterocycles. The first-order chi connectivity index (χ1) is 6.98. The van der Waals surface area contributed by atoms with Crippen LogP contribution in [0.5, 0.6) is 5.75 Å². The number of rotatable bonds is 0. The molecule has 1 heterocycles. The van der Waals surface area contributed by atoms with Crippen molar-refractivity contribution in [2.75, 3.05) is 0 Å². The van der Waals surface area contributed by atoms with Crippen LogP contribution in [-0.2, 0) is 6.18 Å². The Morgan fingerprint density at radius 2 is 1.87 bits per heavy atom. The van der Waals surface area contributed by atoms with Crippen LogP contribution in [0.2, 0.25) is 0 Å². The van der Waals surface area contributed by atoms with E-state index in [1.807, 2.05) is 0 Å². The zero-order chi connectivity index (χ0) is 11.1. The number of alkyl halides is 3. The summed E-state index contributed by atoms with van der Waals surface area (Å²) in [5.41, 5.74) is -0.748. The van der Waals surface area contributed by atoms with E-state index in [0.29, 0.717) is 5.39 Å². The smallest absolute Gasteiger partial charge is 0.416 e. The lowest BCUT2D eigenvalue weighted by molar-refractivity contribution is -0.137. The average molecular weight is 213 g/mol. The molecule has 1 aromatic heterocycles. The third kappa shape index (κ3) is 1.72. The molecular formula is C10H6F3NO. The van der Waals surface area contributed by atoms with Crippen LogP contribution >= 0.6 is 0 Å². The van der Waals surface area contributed by atoms with E-state index in [-0.39, 0.29) is 11.1 Å². The summed E-state index contributed by atoms with van der Waals surface area (Å²) in [6.45, 7) is 0. The second-order valence-electron chi connectivity index (χ2n) is 3.09. The summed E-state index contributed by atoms with van der Waals surface area (Å²) >= 11 is 0. The van der Waals surface area contributed by atoms with Gasteiger partial charge in [0.1, 0.15) is 5.75 Å². The van der Waals surface area contributed by atoms with Crippen molar-refractivity contribution in [2.24, 2.45) is 0 Å². The van der Waals surface area contributed by atoms with Crippen molar-refractivity contribution in [3.8, 4) is 5.75 Å². The predicted octanol–water partition coefficient (Wildman–Crippen LogP) is 2.96. The van der Waals surface area contributed by atoms with Gasteiger partial charge in [-0.25, -0.2) is 0 Å². The SMILES string of the molecule is Oc1cncc2cc(C(F)(F)F)ccc12. The molecule has 1 aromatic carbocycles. The van der Waals surface area contributed by atoms with Crippen molar-refractivity contribution in [3.05, 3.63) is 36.2 Å². The molecular weight excluding hydrogens is 207 g/mol. The number of hydrogen-bond donors (Lipinski definition) is 1. The molecule has 0 radical (unpaired) electrons. The highest BCUT2D eigenvalue weighted by atomic mass is 19.4. The molecule has 0 spiro atoms. The molecule has 0 saturated carbocycles. The van der Waals surface area contributed by atoms with Crippen LogP contribution < -0.4 is 0 Å². The molecule has 0 amide bonds. The Hall–Kier alpha value is -1.78. The molecule has 0 atom stereocenters. The molecule has 15 heavy (non-hydrogen) atoms. The maximum atomic E-state index is 12.3. The van der Waals surface area contributed by atoms with Gasteiger partial charge in [0.15, 0.2) is 0 Å². The molecule has 1 N–H and O–H groups in total. The third-order valence-electron chi connectivity index (χ3n) is 2.07. The zero-order valence-corrected chi connectivity index (χ0v) is 7.42. The fourth-order valence-electron chi connectivity index (χ4n) is 1.34. The van der Waals surface area contributed by atoms with Crippen molar-refractivity contribution < 1.29 is 18.3 Å². The quantitative estimate of drug-likeness (QED) is 0.729. The summed E-state index contributed by atoms with van der Waals surface area (Å²) in [7, 11) is 0. The number of aromatic hydroxyl groups is 1. The number of nitrogens with zero attached hydrogens (tertiary/aromatic N) is 1. The highest BCUT2D eigenvalue weighted by molar-refractivity contribution is 5.87. The molecule has 2 rings (SSSR count). The first kappa shape index (κ1) is 9.76. The van der Waals surface area contributed by atoms with Crippen molar-refractivity contribution in [1.29, 1.82) is 0 Å². The highest BCUT2D eigenvalue weighted by Crippen LogP contribution is 2.32. The van der Waals surface area contributed by atoms with Crippen LogP contribution in [0.25, 0.3) is 10.8 Å². The first-order valence-corrected chi connectivity index (χ1v) is 4.12. The minimum atomic E-state index is -4.38. The van der Waals surface area contributed by atoms with Gasteiger partial charge < -0.3 is 5.11 Å². The van der Waals surface area contributed by atoms with Crippen molar-refractivity contribution >= 4 is 10.8 Å². The lowest BCUT2D eigenvalue weighted by Crippen LogP contribution is -2.04. The summed E-state index contributed by atoms with van der Waals surface area (Å²) in [6.07, 6.45) is -1.90. The summed E-state index contributed by atoms with van der Waals surface area (Å²) in [6, 6.07) is 3.12. The van der Waals surface area contributed by atoms with Gasteiger partial charge in [-0.15, -0.1) is 0 Å². The van der Waals surface area contributed by atoms with E-state index in [4.69, 9.17) is 0 Å². The Labute approximate surface area is 83.0 Å². The number of halogens is 3. The fourth-order valence-corrected chi connectivity index (χ4v) is 1.34. The largest absolute Gasteiger partial charge is 0.506 e. The van der Waals surface area contributed by atoms with Gasteiger partial charge in [-0.05, 0) is 18.2 Å². The van der Waals surface area contributed by atoms with E-state index in [1.54, 1.807) is 0 Å². The minimum absolute atomic E-state index is 0.124. The Kier molecular flexibility index (Phi) is 2.03. The van der Waals surface area contributed by atoms with Crippen LogP contribution in [0.3, 0.4) is 0 Å². The second kappa shape index (κ2) is 3.12. The van der Waals surface area contributed by atoms with Gasteiger partial charge in [-0.3, -0.25) is 4.98 Å². The second-order valence-corrected chi connectivity index (χ2v) is 3.09. The number of fused-ring (bicyclic) bond motifs is 1. The number of hydrogen-bond acceptors (Lipinski definition) is 2. The molecule has 78 valence electrons. The van der Waals surface area contributed by atoms with E-state index < -0.39 is 11.7 Å². The number of benzene rings is 1. The van der Waals surface area contributed by atoms with Gasteiger partial charge in [0, 0.05) is 17.0 Å². The maximum absolute atomic E-state index is 12.3. The van der Waals surface area contributed by atoms with Crippen LogP contribution in [0.1, 0.15) is 5.56 Å². The van der Waals surface area contributed by atoms with Crippen LogP contribution in [0, 0.1) is 0 Å². The third-order valence-corrected chi connectivity index (χ3v) is 2.07. The van der Waals surface area contributed by atoms with E-state index in [2.05, 4.69) is 4.98 Å². The molecule has 0 unspecified atom stereocenters. The van der Waals surface area contributed by atoms with Crippen molar-refractivity contribution in [3.63, 3.8) is 0 Å². The molecule has 2 aromatic rings. The molecule has 5 heteroatoms. The van der Waals surface area contributed by atoms with E-state index >= 15 is 0 Å². The van der Waals surface area contributed by atoms with Gasteiger partial charge in [0.2, 0.25) is 0 Å². The summed E-state index contributed by atoms with van der Waals surface area (Å²) in [5.74, 6) is -0.124. The topological polar surface area (TPSA) is 33.1 Å². The van der Waals surface area contributed by atoms with Crippen molar-refractivity contribution in [1.82, 2.24) is 4.98 Å². The zero-order valence-electron chi connectivity index (χ0n) is 7.42. The van der Waals surface area contributed by atoms with E-state index in [9.17, 15) is 18.3 Å². The summed E-state index contributed by atoms with van der Waals surface area (Å²) < 4.78 is 37.0. The molecule has 0 aliphatic carbocycles. The minimum Gasteiger partial charge on any atom is -0.506 e. The van der Waals surface area contributed by atoms with Gasteiger partial charge in [-0.1, -0.05) is 0 Å². The monoisotopic (exact) mass is 213 g/mol. The number of pyridine rings is 1. The Bertz CT molecular complexity index is 507. The maximum Gasteiger partial charge on any atom is 0.416 e. The normalized spacial score (nSPS) is 11.9. The van der Waals surface area contributed by atoms with Crippen molar-refractivity contribution in [2.45, 2.75) is 6.18 Å². The van der Waals surface area contributed by atoms with Gasteiger partial charge >= 0.3 is 6.18 Å². The van der Waals surface area contributed by atoms with Gasteiger partial charge in [0.05, 0.1) is 11.8 Å². The van der Waals surface area contributed by atoms with E-state index in [0.717, 1.165) is 12.1 Å². The highest BCUT2D eigenvalue weighted by Gasteiger charge is 2.30. The van der Waals surface area contributed by atoms with Crippen LogP contribution in [0.4, 0.5) is 13.2 Å². The average Bonchev–Trinajstić information content (AvgIpc) is 2.16. The number of aromatic nitrogens is 1. The van der Waals surface area contributed by atoms with Gasteiger partial charge in [-0.2, -0.15) is 13.2 Å². The summed E-state index contributed by atoms with van der Waals surface area (Å²) in [5, 5.41) is 9.95. The molecule has 0 aliphatic rings. The summed E-state index contributed by atoms with van der Waals surface area (Å²) in [4.78, 5) is 3.62. The lowest BCUT2D eigenvalue weighted by atomic mass is 10.1. The predicted molar refractivity (Wildman–Crippen MR) is 48.4 cm³/mol. The Balaban J connectivity index is 2.68. The van der Waals surface area contributed by atoms with Crippen LogP contribution in [0.15, 0.2) is 30.6 Å². The molecule has 0 fully saturated rings. The molecule has 0 bridgehead atoms. The Morgan fingerprint density at radius 3 is 2.53 bits per heavy atom. The van der Waals surface area contributed by atoms with E-state index in [1.165, 1.54) is 18.5 Å². The van der Waals surface area contributed by atoms with Crippen LogP contribution in [-0.4, -0.2) is 10.1 Å². The molecule has 0 saturated heterocycles.